The molecule has 0 saturated heterocycles. The largest absolute Gasteiger partial charge is 0.326 e. The number of rotatable bonds is 4. The Hall–Kier alpha value is -2.14. The molecular weight excluding hydrogens is 238 g/mol. The summed E-state index contributed by atoms with van der Waals surface area (Å²) < 4.78 is 2.24. The van der Waals surface area contributed by atoms with E-state index in [4.69, 9.17) is 10.7 Å². The SMILES string of the molecule is CCCn1c(-c2cn[nH]c2)nc2cc(CN)ccc21. The first-order chi connectivity index (χ1) is 9.33. The lowest BCUT2D eigenvalue weighted by molar-refractivity contribution is 0.704. The first-order valence-corrected chi connectivity index (χ1v) is 6.52. The third-order valence-corrected chi connectivity index (χ3v) is 3.25. The summed E-state index contributed by atoms with van der Waals surface area (Å²) in [6.07, 6.45) is 4.74. The molecular formula is C14H17N5. The molecule has 1 aromatic carbocycles. The minimum Gasteiger partial charge on any atom is -0.326 e. The van der Waals surface area contributed by atoms with Crippen LogP contribution in [0.15, 0.2) is 30.6 Å². The van der Waals surface area contributed by atoms with Crippen LogP contribution in [-0.2, 0) is 13.1 Å². The zero-order valence-electron chi connectivity index (χ0n) is 10.9. The van der Waals surface area contributed by atoms with Crippen molar-refractivity contribution < 1.29 is 0 Å². The van der Waals surface area contributed by atoms with Gasteiger partial charge in [-0.1, -0.05) is 13.0 Å². The summed E-state index contributed by atoms with van der Waals surface area (Å²) in [6, 6.07) is 6.23. The molecule has 2 aromatic heterocycles. The van der Waals surface area contributed by atoms with E-state index < -0.39 is 0 Å². The van der Waals surface area contributed by atoms with Crippen molar-refractivity contribution in [2.24, 2.45) is 5.73 Å². The first kappa shape index (κ1) is 11.9. The molecule has 98 valence electrons. The number of hydrogen-bond donors (Lipinski definition) is 2. The van der Waals surface area contributed by atoms with Crippen molar-refractivity contribution in [1.82, 2.24) is 19.7 Å². The monoisotopic (exact) mass is 255 g/mol. The van der Waals surface area contributed by atoms with Crippen LogP contribution in [0.2, 0.25) is 0 Å². The van der Waals surface area contributed by atoms with E-state index >= 15 is 0 Å². The molecule has 0 radical (unpaired) electrons. The molecule has 0 bridgehead atoms. The van der Waals surface area contributed by atoms with Gasteiger partial charge >= 0.3 is 0 Å². The molecule has 0 aliphatic rings. The summed E-state index contributed by atoms with van der Waals surface area (Å²) in [5.41, 5.74) is 9.95. The van der Waals surface area contributed by atoms with E-state index in [0.717, 1.165) is 41.0 Å². The third-order valence-electron chi connectivity index (χ3n) is 3.25. The lowest BCUT2D eigenvalue weighted by Crippen LogP contribution is -1.99. The van der Waals surface area contributed by atoms with Gasteiger partial charge in [-0.3, -0.25) is 5.10 Å². The molecule has 3 rings (SSSR count). The predicted octanol–water partition coefficient (Wildman–Crippen LogP) is 2.30. The van der Waals surface area contributed by atoms with E-state index in [-0.39, 0.29) is 0 Å². The second kappa shape index (κ2) is 4.85. The van der Waals surface area contributed by atoms with Crippen LogP contribution >= 0.6 is 0 Å². The lowest BCUT2D eigenvalue weighted by Gasteiger charge is -2.06. The Balaban J connectivity index is 2.22. The molecule has 2 heterocycles. The molecule has 0 aliphatic heterocycles. The number of aromatic amines is 1. The van der Waals surface area contributed by atoms with Crippen molar-refractivity contribution >= 4 is 11.0 Å². The Morgan fingerprint density at radius 3 is 2.95 bits per heavy atom. The molecule has 3 N–H and O–H groups in total. The maximum absolute atomic E-state index is 5.69. The number of nitrogens with zero attached hydrogens (tertiary/aromatic N) is 3. The number of H-pyrrole nitrogens is 1. The summed E-state index contributed by atoms with van der Waals surface area (Å²) in [4.78, 5) is 4.73. The second-order valence-electron chi connectivity index (χ2n) is 4.60. The fraction of sp³-hybridized carbons (Fsp3) is 0.286. The number of hydrogen-bond acceptors (Lipinski definition) is 3. The van der Waals surface area contributed by atoms with Gasteiger partial charge in [-0.05, 0) is 24.1 Å². The van der Waals surface area contributed by atoms with Gasteiger partial charge in [-0.25, -0.2) is 4.98 Å². The van der Waals surface area contributed by atoms with Crippen molar-refractivity contribution in [2.45, 2.75) is 26.4 Å². The average molecular weight is 255 g/mol. The molecule has 0 saturated carbocycles. The summed E-state index contributed by atoms with van der Waals surface area (Å²) in [6.45, 7) is 3.65. The zero-order valence-corrected chi connectivity index (χ0v) is 10.9. The Labute approximate surface area is 111 Å². The van der Waals surface area contributed by atoms with Crippen molar-refractivity contribution in [3.63, 3.8) is 0 Å². The maximum atomic E-state index is 5.69. The highest BCUT2D eigenvalue weighted by Crippen LogP contribution is 2.25. The third kappa shape index (κ3) is 2.02. The van der Waals surface area contributed by atoms with Crippen LogP contribution in [0, 0.1) is 0 Å². The second-order valence-corrected chi connectivity index (χ2v) is 4.60. The minimum atomic E-state index is 0.539. The van der Waals surface area contributed by atoms with Gasteiger partial charge in [-0.2, -0.15) is 5.10 Å². The molecule has 5 heteroatoms. The van der Waals surface area contributed by atoms with E-state index in [0.29, 0.717) is 6.54 Å². The van der Waals surface area contributed by atoms with Crippen LogP contribution in [0.3, 0.4) is 0 Å². The summed E-state index contributed by atoms with van der Waals surface area (Å²) in [7, 11) is 0. The Morgan fingerprint density at radius 1 is 1.37 bits per heavy atom. The summed E-state index contributed by atoms with van der Waals surface area (Å²) in [5, 5.41) is 6.85. The van der Waals surface area contributed by atoms with Crippen LogP contribution in [0.25, 0.3) is 22.4 Å². The predicted molar refractivity (Wildman–Crippen MR) is 75.5 cm³/mol. The van der Waals surface area contributed by atoms with Gasteiger partial charge in [0, 0.05) is 19.3 Å². The van der Waals surface area contributed by atoms with Crippen molar-refractivity contribution in [3.05, 3.63) is 36.2 Å². The van der Waals surface area contributed by atoms with Gasteiger partial charge in [0.25, 0.3) is 0 Å². The topological polar surface area (TPSA) is 72.5 Å². The highest BCUT2D eigenvalue weighted by atomic mass is 15.1. The number of benzene rings is 1. The van der Waals surface area contributed by atoms with Gasteiger partial charge < -0.3 is 10.3 Å². The minimum absolute atomic E-state index is 0.539. The standard InChI is InChI=1S/C14H17N5/c1-2-5-19-13-4-3-10(7-15)6-12(13)18-14(19)11-8-16-17-9-11/h3-4,6,8-9H,2,5,7,15H2,1H3,(H,16,17). The zero-order chi connectivity index (χ0) is 13.2. The molecule has 0 spiro atoms. The van der Waals surface area contributed by atoms with E-state index in [1.54, 1.807) is 6.20 Å². The van der Waals surface area contributed by atoms with Crippen molar-refractivity contribution in [1.29, 1.82) is 0 Å². The van der Waals surface area contributed by atoms with Gasteiger partial charge in [0.05, 0.1) is 22.8 Å². The molecule has 0 amide bonds. The Morgan fingerprint density at radius 2 is 2.26 bits per heavy atom. The molecule has 0 fully saturated rings. The highest BCUT2D eigenvalue weighted by molar-refractivity contribution is 5.81. The molecule has 5 nitrogen and oxygen atoms in total. The fourth-order valence-electron chi connectivity index (χ4n) is 2.35. The van der Waals surface area contributed by atoms with E-state index in [2.05, 4.69) is 39.9 Å². The maximum Gasteiger partial charge on any atom is 0.144 e. The summed E-state index contributed by atoms with van der Waals surface area (Å²) in [5.74, 6) is 0.958. The Kier molecular flexibility index (Phi) is 3.05. The average Bonchev–Trinajstić information content (AvgIpc) is 3.06. The summed E-state index contributed by atoms with van der Waals surface area (Å²) >= 11 is 0. The number of nitrogens with two attached hydrogens (primary N) is 1. The van der Waals surface area contributed by atoms with Crippen LogP contribution in [-0.4, -0.2) is 19.7 Å². The van der Waals surface area contributed by atoms with Crippen molar-refractivity contribution in [2.75, 3.05) is 0 Å². The van der Waals surface area contributed by atoms with Crippen molar-refractivity contribution in [3.8, 4) is 11.4 Å². The molecule has 0 atom stereocenters. The Bertz CT molecular complexity index is 681. The number of nitrogens with one attached hydrogen (secondary N) is 1. The van der Waals surface area contributed by atoms with Gasteiger partial charge in [-0.15, -0.1) is 0 Å². The number of aryl methyl sites for hydroxylation is 1. The van der Waals surface area contributed by atoms with E-state index in [1.807, 2.05) is 6.20 Å². The molecule has 0 aliphatic carbocycles. The number of aromatic nitrogens is 4. The van der Waals surface area contributed by atoms with E-state index in [1.165, 1.54) is 0 Å². The first-order valence-electron chi connectivity index (χ1n) is 6.52. The van der Waals surface area contributed by atoms with Gasteiger partial charge in [0.2, 0.25) is 0 Å². The van der Waals surface area contributed by atoms with E-state index in [9.17, 15) is 0 Å². The van der Waals surface area contributed by atoms with Crippen LogP contribution in [0.5, 0.6) is 0 Å². The normalized spacial score (nSPS) is 11.3. The fourth-order valence-corrected chi connectivity index (χ4v) is 2.35. The van der Waals surface area contributed by atoms with Crippen LogP contribution < -0.4 is 5.73 Å². The molecule has 0 unspecified atom stereocenters. The quantitative estimate of drug-likeness (QED) is 0.751. The number of imidazole rings is 1. The lowest BCUT2D eigenvalue weighted by atomic mass is 10.2. The van der Waals surface area contributed by atoms with Crippen LogP contribution in [0.1, 0.15) is 18.9 Å². The highest BCUT2D eigenvalue weighted by Gasteiger charge is 2.12. The van der Waals surface area contributed by atoms with Crippen LogP contribution in [0.4, 0.5) is 0 Å². The van der Waals surface area contributed by atoms with Gasteiger partial charge in [0.15, 0.2) is 0 Å². The molecule has 3 aromatic rings. The smallest absolute Gasteiger partial charge is 0.144 e. The van der Waals surface area contributed by atoms with Gasteiger partial charge in [0.1, 0.15) is 5.82 Å². The molecule has 19 heavy (non-hydrogen) atoms. The number of fused-ring (bicyclic) bond motifs is 1.